The molecular formula is C20H21NO3S. The van der Waals surface area contributed by atoms with Crippen molar-refractivity contribution in [1.29, 1.82) is 0 Å². The molecule has 0 aliphatic carbocycles. The zero-order valence-corrected chi connectivity index (χ0v) is 15.3. The molecule has 0 aromatic heterocycles. The molecule has 0 aliphatic heterocycles. The van der Waals surface area contributed by atoms with E-state index in [0.29, 0.717) is 0 Å². The SMILES string of the molecule is Cc1ccc(C)c(NC(=O)[C@@H](C)OC(=O)/C=C/Sc2ccccc2)c1. The second-order valence-electron chi connectivity index (χ2n) is 5.62. The van der Waals surface area contributed by atoms with Gasteiger partial charge in [-0.25, -0.2) is 4.79 Å². The lowest BCUT2D eigenvalue weighted by atomic mass is 10.1. The number of carbonyl (C=O) groups excluding carboxylic acids is 2. The largest absolute Gasteiger partial charge is 0.449 e. The van der Waals surface area contributed by atoms with Crippen LogP contribution in [-0.2, 0) is 14.3 Å². The number of anilines is 1. The molecule has 5 heteroatoms. The topological polar surface area (TPSA) is 55.4 Å². The first-order valence-corrected chi connectivity index (χ1v) is 8.80. The molecule has 1 N–H and O–H groups in total. The molecule has 2 aromatic carbocycles. The molecule has 1 atom stereocenters. The maximum atomic E-state index is 12.2. The van der Waals surface area contributed by atoms with Crippen LogP contribution in [-0.4, -0.2) is 18.0 Å². The van der Waals surface area contributed by atoms with Crippen molar-refractivity contribution in [3.63, 3.8) is 0 Å². The molecule has 25 heavy (non-hydrogen) atoms. The molecule has 0 heterocycles. The van der Waals surface area contributed by atoms with Gasteiger partial charge in [-0.15, -0.1) is 0 Å². The van der Waals surface area contributed by atoms with Crippen molar-refractivity contribution < 1.29 is 14.3 Å². The van der Waals surface area contributed by atoms with E-state index in [1.165, 1.54) is 17.8 Å². The Balaban J connectivity index is 1.85. The Labute approximate surface area is 152 Å². The minimum Gasteiger partial charge on any atom is -0.449 e. The van der Waals surface area contributed by atoms with Crippen molar-refractivity contribution in [3.05, 3.63) is 71.1 Å². The van der Waals surface area contributed by atoms with Gasteiger partial charge in [-0.05, 0) is 55.5 Å². The number of thioether (sulfide) groups is 1. The van der Waals surface area contributed by atoms with Gasteiger partial charge >= 0.3 is 5.97 Å². The smallest absolute Gasteiger partial charge is 0.332 e. The fourth-order valence-electron chi connectivity index (χ4n) is 2.04. The van der Waals surface area contributed by atoms with E-state index in [2.05, 4.69) is 5.32 Å². The standard InChI is InChI=1S/C20H21NO3S/c1-14-9-10-15(2)18(13-14)21-20(23)16(3)24-19(22)11-12-25-17-7-5-4-6-8-17/h4-13,16H,1-3H3,(H,21,23)/b12-11+/t16-/m1/s1. The quantitative estimate of drug-likeness (QED) is 0.471. The highest BCUT2D eigenvalue weighted by Crippen LogP contribution is 2.18. The highest BCUT2D eigenvalue weighted by atomic mass is 32.2. The lowest BCUT2D eigenvalue weighted by Gasteiger charge is -2.14. The lowest BCUT2D eigenvalue weighted by molar-refractivity contribution is -0.148. The Morgan fingerprint density at radius 1 is 1.12 bits per heavy atom. The molecule has 0 saturated heterocycles. The summed E-state index contributed by atoms with van der Waals surface area (Å²) in [6.45, 7) is 5.42. The first kappa shape index (κ1) is 18.8. The molecule has 0 spiro atoms. The second-order valence-corrected chi connectivity index (χ2v) is 6.60. The van der Waals surface area contributed by atoms with Crippen molar-refractivity contribution in [2.75, 3.05) is 5.32 Å². The second kappa shape index (κ2) is 9.08. The highest BCUT2D eigenvalue weighted by molar-refractivity contribution is 8.02. The Morgan fingerprint density at radius 3 is 2.56 bits per heavy atom. The predicted molar refractivity (Wildman–Crippen MR) is 102 cm³/mol. The third-order valence-electron chi connectivity index (χ3n) is 3.46. The number of esters is 1. The van der Waals surface area contributed by atoms with Crippen molar-refractivity contribution in [3.8, 4) is 0 Å². The van der Waals surface area contributed by atoms with Crippen molar-refractivity contribution in [2.24, 2.45) is 0 Å². The molecular weight excluding hydrogens is 334 g/mol. The van der Waals surface area contributed by atoms with Crippen LogP contribution in [0.5, 0.6) is 0 Å². The third-order valence-corrected chi connectivity index (χ3v) is 4.28. The number of nitrogens with one attached hydrogen (secondary N) is 1. The van der Waals surface area contributed by atoms with Gasteiger partial charge in [0, 0.05) is 16.7 Å². The zero-order valence-electron chi connectivity index (χ0n) is 14.5. The molecule has 0 saturated carbocycles. The third kappa shape index (κ3) is 6.12. The summed E-state index contributed by atoms with van der Waals surface area (Å²) in [6.07, 6.45) is 0.443. The average Bonchev–Trinajstić information content (AvgIpc) is 2.59. The molecule has 0 aliphatic rings. The van der Waals surface area contributed by atoms with E-state index in [0.717, 1.165) is 21.7 Å². The van der Waals surface area contributed by atoms with Gasteiger partial charge in [-0.1, -0.05) is 42.1 Å². The summed E-state index contributed by atoms with van der Waals surface area (Å²) in [6, 6.07) is 15.5. The molecule has 0 radical (unpaired) electrons. The average molecular weight is 355 g/mol. The fourth-order valence-corrected chi connectivity index (χ4v) is 2.69. The number of hydrogen-bond acceptors (Lipinski definition) is 4. The van der Waals surface area contributed by atoms with E-state index in [1.807, 2.05) is 62.4 Å². The Bertz CT molecular complexity index is 772. The molecule has 0 unspecified atom stereocenters. The minimum absolute atomic E-state index is 0.355. The summed E-state index contributed by atoms with van der Waals surface area (Å²) in [5, 5.41) is 4.44. The Hall–Kier alpha value is -2.53. The van der Waals surface area contributed by atoms with Gasteiger partial charge in [-0.2, -0.15) is 0 Å². The summed E-state index contributed by atoms with van der Waals surface area (Å²) in [5.74, 6) is -0.904. The van der Waals surface area contributed by atoms with Crippen molar-refractivity contribution >= 4 is 29.3 Å². The maximum Gasteiger partial charge on any atom is 0.332 e. The first-order chi connectivity index (χ1) is 12.0. The number of benzene rings is 2. The summed E-state index contributed by atoms with van der Waals surface area (Å²) < 4.78 is 5.14. The number of amides is 1. The lowest BCUT2D eigenvalue weighted by Crippen LogP contribution is -2.29. The van der Waals surface area contributed by atoms with Gasteiger partial charge < -0.3 is 10.1 Å². The summed E-state index contributed by atoms with van der Waals surface area (Å²) in [7, 11) is 0. The van der Waals surface area contributed by atoms with Crippen LogP contribution >= 0.6 is 11.8 Å². The van der Waals surface area contributed by atoms with Gasteiger partial charge in [0.25, 0.3) is 5.91 Å². The Kier molecular flexibility index (Phi) is 6.83. The number of hydrogen-bond donors (Lipinski definition) is 1. The minimum atomic E-state index is -0.876. The van der Waals surface area contributed by atoms with Crippen LogP contribution in [0, 0.1) is 13.8 Å². The number of carbonyl (C=O) groups is 2. The number of ether oxygens (including phenoxy) is 1. The molecule has 130 valence electrons. The van der Waals surface area contributed by atoms with E-state index in [9.17, 15) is 9.59 Å². The van der Waals surface area contributed by atoms with E-state index < -0.39 is 12.1 Å². The number of rotatable bonds is 6. The summed E-state index contributed by atoms with van der Waals surface area (Å²) >= 11 is 1.41. The van der Waals surface area contributed by atoms with Crippen LogP contribution in [0.4, 0.5) is 5.69 Å². The van der Waals surface area contributed by atoms with Gasteiger partial charge in [0.2, 0.25) is 0 Å². The van der Waals surface area contributed by atoms with Gasteiger partial charge in [0.05, 0.1) is 0 Å². The van der Waals surface area contributed by atoms with E-state index in [1.54, 1.807) is 12.3 Å². The molecule has 2 aromatic rings. The maximum absolute atomic E-state index is 12.2. The van der Waals surface area contributed by atoms with Crippen LogP contribution in [0.3, 0.4) is 0 Å². The van der Waals surface area contributed by atoms with Crippen molar-refractivity contribution in [2.45, 2.75) is 31.8 Å². The molecule has 0 bridgehead atoms. The summed E-state index contributed by atoms with van der Waals surface area (Å²) in [4.78, 5) is 25.0. The van der Waals surface area contributed by atoms with E-state index in [4.69, 9.17) is 4.74 Å². The monoisotopic (exact) mass is 355 g/mol. The predicted octanol–water partition coefficient (Wildman–Crippen LogP) is 4.48. The van der Waals surface area contributed by atoms with Crippen molar-refractivity contribution in [1.82, 2.24) is 0 Å². The van der Waals surface area contributed by atoms with E-state index in [-0.39, 0.29) is 5.91 Å². The van der Waals surface area contributed by atoms with E-state index >= 15 is 0 Å². The van der Waals surface area contributed by atoms with Gasteiger partial charge in [-0.3, -0.25) is 4.79 Å². The van der Waals surface area contributed by atoms with Gasteiger partial charge in [0.1, 0.15) is 0 Å². The number of aryl methyl sites for hydroxylation is 2. The van der Waals surface area contributed by atoms with Crippen LogP contribution < -0.4 is 5.32 Å². The zero-order chi connectivity index (χ0) is 18.2. The molecule has 4 nitrogen and oxygen atoms in total. The molecule has 1 amide bonds. The van der Waals surface area contributed by atoms with Crippen LogP contribution in [0.1, 0.15) is 18.1 Å². The van der Waals surface area contributed by atoms with Gasteiger partial charge in [0.15, 0.2) is 6.10 Å². The molecule has 2 rings (SSSR count). The first-order valence-electron chi connectivity index (χ1n) is 7.92. The fraction of sp³-hybridized carbons (Fsp3) is 0.200. The van der Waals surface area contributed by atoms with Crippen LogP contribution in [0.25, 0.3) is 0 Å². The van der Waals surface area contributed by atoms with Crippen LogP contribution in [0.2, 0.25) is 0 Å². The normalized spacial score (nSPS) is 12.0. The molecule has 0 fully saturated rings. The summed E-state index contributed by atoms with van der Waals surface area (Å²) in [5.41, 5.74) is 2.73. The van der Waals surface area contributed by atoms with Crippen LogP contribution in [0.15, 0.2) is 64.9 Å². The Morgan fingerprint density at radius 2 is 1.84 bits per heavy atom. The highest BCUT2D eigenvalue weighted by Gasteiger charge is 2.17.